The summed E-state index contributed by atoms with van der Waals surface area (Å²) in [5, 5.41) is 7.97. The number of carbonyl (C=O) groups is 1. The highest BCUT2D eigenvalue weighted by Gasteiger charge is 2.38. The zero-order chi connectivity index (χ0) is 12.5. The summed E-state index contributed by atoms with van der Waals surface area (Å²) in [6, 6.07) is 0. The average Bonchev–Trinajstić information content (AvgIpc) is 2.72. The summed E-state index contributed by atoms with van der Waals surface area (Å²) in [6.07, 6.45) is 3.28. The SMILES string of the molecule is CC(C)c1nnsc1C(=O)NC1(CBr)CCC1. The lowest BCUT2D eigenvalue weighted by atomic mass is 9.78. The van der Waals surface area contributed by atoms with E-state index >= 15 is 0 Å². The first kappa shape index (κ1) is 13.0. The Kier molecular flexibility index (Phi) is 3.82. The van der Waals surface area contributed by atoms with E-state index in [1.54, 1.807) is 0 Å². The molecule has 1 fully saturated rings. The lowest BCUT2D eigenvalue weighted by Crippen LogP contribution is -2.54. The summed E-state index contributed by atoms with van der Waals surface area (Å²) in [4.78, 5) is 12.9. The Balaban J connectivity index is 2.12. The lowest BCUT2D eigenvalue weighted by Gasteiger charge is -2.41. The molecule has 1 N–H and O–H groups in total. The third-order valence-corrected chi connectivity index (χ3v) is 5.03. The molecule has 1 heterocycles. The fourth-order valence-corrected chi connectivity index (χ4v) is 3.34. The van der Waals surface area contributed by atoms with E-state index in [2.05, 4.69) is 30.8 Å². The van der Waals surface area contributed by atoms with E-state index in [-0.39, 0.29) is 17.4 Å². The number of amides is 1. The average molecular weight is 318 g/mol. The third kappa shape index (κ3) is 2.52. The van der Waals surface area contributed by atoms with Crippen molar-refractivity contribution in [3.05, 3.63) is 10.6 Å². The minimum Gasteiger partial charge on any atom is -0.345 e. The molecule has 4 nitrogen and oxygen atoms in total. The van der Waals surface area contributed by atoms with Crippen molar-refractivity contribution in [2.24, 2.45) is 0 Å². The summed E-state index contributed by atoms with van der Waals surface area (Å²) < 4.78 is 3.88. The number of hydrogen-bond acceptors (Lipinski definition) is 4. The number of alkyl halides is 1. The van der Waals surface area contributed by atoms with E-state index in [9.17, 15) is 4.79 Å². The standard InChI is InChI=1S/C11H16BrN3OS/c1-7(2)8-9(17-15-14-8)10(16)13-11(6-12)4-3-5-11/h7H,3-6H2,1-2H3,(H,13,16). The van der Waals surface area contributed by atoms with Gasteiger partial charge >= 0.3 is 0 Å². The summed E-state index contributed by atoms with van der Waals surface area (Å²) >= 11 is 4.66. The van der Waals surface area contributed by atoms with Crippen LogP contribution in [0.15, 0.2) is 0 Å². The van der Waals surface area contributed by atoms with Crippen LogP contribution in [0.3, 0.4) is 0 Å². The van der Waals surface area contributed by atoms with Crippen LogP contribution in [-0.4, -0.2) is 26.4 Å². The number of nitrogens with one attached hydrogen (secondary N) is 1. The van der Waals surface area contributed by atoms with Crippen LogP contribution in [-0.2, 0) is 0 Å². The summed E-state index contributed by atoms with van der Waals surface area (Å²) in [7, 11) is 0. The minimum absolute atomic E-state index is 0.0251. The molecule has 1 aromatic rings. The molecule has 6 heteroatoms. The van der Waals surface area contributed by atoms with Gasteiger partial charge in [-0.2, -0.15) is 0 Å². The second-order valence-corrected chi connectivity index (χ2v) is 6.18. The zero-order valence-electron chi connectivity index (χ0n) is 9.99. The van der Waals surface area contributed by atoms with Crippen molar-refractivity contribution >= 4 is 33.4 Å². The van der Waals surface area contributed by atoms with Gasteiger partial charge in [0.15, 0.2) is 0 Å². The molecule has 0 unspecified atom stereocenters. The Morgan fingerprint density at radius 2 is 2.29 bits per heavy atom. The van der Waals surface area contributed by atoms with Crippen LogP contribution in [0, 0.1) is 0 Å². The zero-order valence-corrected chi connectivity index (χ0v) is 12.4. The highest BCUT2D eigenvalue weighted by Crippen LogP contribution is 2.34. The smallest absolute Gasteiger partial charge is 0.265 e. The molecule has 0 aromatic carbocycles. The van der Waals surface area contributed by atoms with Gasteiger partial charge in [0.1, 0.15) is 4.88 Å². The molecule has 17 heavy (non-hydrogen) atoms. The molecule has 0 radical (unpaired) electrons. The van der Waals surface area contributed by atoms with Crippen LogP contribution in [0.25, 0.3) is 0 Å². The molecular formula is C11H16BrN3OS. The van der Waals surface area contributed by atoms with Gasteiger partial charge in [-0.25, -0.2) is 0 Å². The van der Waals surface area contributed by atoms with Crippen molar-refractivity contribution in [1.29, 1.82) is 0 Å². The van der Waals surface area contributed by atoms with Gasteiger partial charge in [0.2, 0.25) is 0 Å². The Morgan fingerprint density at radius 1 is 1.59 bits per heavy atom. The summed E-state index contributed by atoms with van der Waals surface area (Å²) in [5.41, 5.74) is 0.756. The van der Waals surface area contributed by atoms with Crippen LogP contribution in [0.5, 0.6) is 0 Å². The molecular weight excluding hydrogens is 302 g/mol. The second-order valence-electron chi connectivity index (χ2n) is 4.86. The van der Waals surface area contributed by atoms with Gasteiger partial charge in [-0.1, -0.05) is 34.3 Å². The first-order valence-corrected chi connectivity index (χ1v) is 7.68. The van der Waals surface area contributed by atoms with E-state index in [0.29, 0.717) is 4.88 Å². The maximum Gasteiger partial charge on any atom is 0.265 e. The van der Waals surface area contributed by atoms with Crippen LogP contribution in [0.4, 0.5) is 0 Å². The number of aromatic nitrogens is 2. The van der Waals surface area contributed by atoms with E-state index in [0.717, 1.165) is 23.9 Å². The maximum atomic E-state index is 12.2. The highest BCUT2D eigenvalue weighted by molar-refractivity contribution is 9.09. The van der Waals surface area contributed by atoms with E-state index < -0.39 is 0 Å². The topological polar surface area (TPSA) is 54.9 Å². The second kappa shape index (κ2) is 5.02. The van der Waals surface area contributed by atoms with Crippen molar-refractivity contribution < 1.29 is 4.79 Å². The first-order chi connectivity index (χ1) is 8.08. The molecule has 2 rings (SSSR count). The Hall–Kier alpha value is -0.490. The van der Waals surface area contributed by atoms with Crippen molar-refractivity contribution in [3.63, 3.8) is 0 Å². The molecule has 1 aliphatic rings. The summed E-state index contributed by atoms with van der Waals surface area (Å²) in [6.45, 7) is 4.05. The van der Waals surface area contributed by atoms with Crippen molar-refractivity contribution in [2.75, 3.05) is 5.33 Å². The number of halogens is 1. The predicted octanol–water partition coefficient (Wildman–Crippen LogP) is 2.71. The number of nitrogens with zero attached hydrogens (tertiary/aromatic N) is 2. The van der Waals surface area contributed by atoms with Crippen molar-refractivity contribution in [2.45, 2.75) is 44.6 Å². The minimum atomic E-state index is -0.0463. The van der Waals surface area contributed by atoms with Crippen LogP contribution in [0.1, 0.15) is 54.4 Å². The van der Waals surface area contributed by atoms with Gasteiger partial charge in [0.05, 0.1) is 11.2 Å². The number of rotatable bonds is 4. The number of carbonyl (C=O) groups excluding carboxylic acids is 1. The molecule has 1 aliphatic carbocycles. The quantitative estimate of drug-likeness (QED) is 0.869. The van der Waals surface area contributed by atoms with Gasteiger partial charge in [-0.05, 0) is 36.7 Å². The van der Waals surface area contributed by atoms with Crippen LogP contribution in [0.2, 0.25) is 0 Å². The van der Waals surface area contributed by atoms with Crippen molar-refractivity contribution in [3.8, 4) is 0 Å². The Labute approximate surface area is 113 Å². The molecule has 1 amide bonds. The maximum absolute atomic E-state index is 12.2. The van der Waals surface area contributed by atoms with Gasteiger partial charge < -0.3 is 5.32 Å². The largest absolute Gasteiger partial charge is 0.345 e. The fourth-order valence-electron chi connectivity index (χ4n) is 1.93. The molecule has 0 atom stereocenters. The predicted molar refractivity (Wildman–Crippen MR) is 71.8 cm³/mol. The first-order valence-electron chi connectivity index (χ1n) is 5.79. The van der Waals surface area contributed by atoms with Gasteiger partial charge in [-0.15, -0.1) is 5.10 Å². The fraction of sp³-hybridized carbons (Fsp3) is 0.727. The molecule has 94 valence electrons. The normalized spacial score (nSPS) is 17.9. The Bertz CT molecular complexity index is 409. The van der Waals surface area contributed by atoms with Gasteiger partial charge in [-0.3, -0.25) is 4.79 Å². The van der Waals surface area contributed by atoms with Gasteiger partial charge in [0, 0.05) is 5.33 Å². The molecule has 1 saturated carbocycles. The van der Waals surface area contributed by atoms with Gasteiger partial charge in [0.25, 0.3) is 5.91 Å². The molecule has 0 spiro atoms. The molecule has 0 bridgehead atoms. The molecule has 0 saturated heterocycles. The lowest BCUT2D eigenvalue weighted by molar-refractivity contribution is 0.0859. The van der Waals surface area contributed by atoms with Crippen LogP contribution >= 0.6 is 27.5 Å². The molecule has 0 aliphatic heterocycles. The van der Waals surface area contributed by atoms with E-state index in [1.807, 2.05) is 13.8 Å². The third-order valence-electron chi connectivity index (χ3n) is 3.21. The number of hydrogen-bond donors (Lipinski definition) is 1. The highest BCUT2D eigenvalue weighted by atomic mass is 79.9. The summed E-state index contributed by atoms with van der Waals surface area (Å²) in [5.74, 6) is 0.207. The van der Waals surface area contributed by atoms with E-state index in [1.165, 1.54) is 18.0 Å². The van der Waals surface area contributed by atoms with Crippen molar-refractivity contribution in [1.82, 2.24) is 14.9 Å². The Morgan fingerprint density at radius 3 is 2.76 bits per heavy atom. The molecule has 1 aromatic heterocycles. The van der Waals surface area contributed by atoms with Crippen LogP contribution < -0.4 is 5.32 Å². The van der Waals surface area contributed by atoms with E-state index in [4.69, 9.17) is 0 Å². The monoisotopic (exact) mass is 317 g/mol.